The van der Waals surface area contributed by atoms with Crippen LogP contribution in [-0.2, 0) is 11.3 Å². The summed E-state index contributed by atoms with van der Waals surface area (Å²) in [5.41, 5.74) is 5.51. The Hall–Kier alpha value is -4.74. The maximum Gasteiger partial charge on any atom is 0.253 e. The SMILES string of the molecule is COc1cccc(C(=O)NCc2nnc(SCC(=O)N3N=C(c4cccs4)C[C@@H]3c3ccc(C)cc3)n2-c2cccc(C)c2)c1. The second-order valence-electron chi connectivity index (χ2n) is 10.7. The molecule has 1 atom stereocenters. The molecule has 0 unspecified atom stereocenters. The van der Waals surface area contributed by atoms with Gasteiger partial charge in [-0.1, -0.05) is 65.9 Å². The summed E-state index contributed by atoms with van der Waals surface area (Å²) >= 11 is 2.92. The smallest absolute Gasteiger partial charge is 0.253 e. The zero-order valence-electron chi connectivity index (χ0n) is 25.1. The predicted octanol–water partition coefficient (Wildman–Crippen LogP) is 6.35. The molecule has 0 bridgehead atoms. The van der Waals surface area contributed by atoms with E-state index >= 15 is 0 Å². The van der Waals surface area contributed by atoms with E-state index in [0.717, 1.165) is 33.0 Å². The van der Waals surface area contributed by atoms with Gasteiger partial charge in [0.2, 0.25) is 0 Å². The van der Waals surface area contributed by atoms with E-state index in [4.69, 9.17) is 9.84 Å². The van der Waals surface area contributed by atoms with Gasteiger partial charge in [-0.25, -0.2) is 5.01 Å². The molecule has 6 rings (SSSR count). The number of aryl methyl sites for hydroxylation is 2. The standard InChI is InChI=1S/C34H32N6O3S2/c1-22-12-14-24(15-13-22)29-19-28(30-11-6-16-44-30)38-40(29)32(41)21-45-34-37-36-31(39(34)26-9-4-7-23(2)17-26)20-35-33(42)25-8-5-10-27(18-25)43-3/h4-18,29H,19-21H2,1-3H3,(H,35,42)/t29-/m1/s1. The minimum atomic E-state index is -0.257. The van der Waals surface area contributed by atoms with E-state index in [1.807, 2.05) is 53.3 Å². The van der Waals surface area contributed by atoms with Crippen LogP contribution in [0.4, 0.5) is 0 Å². The third-order valence-electron chi connectivity index (χ3n) is 7.46. The van der Waals surface area contributed by atoms with E-state index in [9.17, 15) is 9.59 Å². The highest BCUT2D eigenvalue weighted by Crippen LogP contribution is 2.35. The summed E-state index contributed by atoms with van der Waals surface area (Å²) in [6.45, 7) is 4.20. The van der Waals surface area contributed by atoms with Crippen LogP contribution in [0.5, 0.6) is 5.75 Å². The number of hydrogen-bond acceptors (Lipinski definition) is 8. The number of carbonyl (C=O) groups is 2. The van der Waals surface area contributed by atoms with Gasteiger partial charge >= 0.3 is 0 Å². The first-order chi connectivity index (χ1) is 21.9. The lowest BCUT2D eigenvalue weighted by atomic mass is 10.00. The number of hydrazone groups is 1. The topological polar surface area (TPSA) is 102 Å². The minimum Gasteiger partial charge on any atom is -0.497 e. The summed E-state index contributed by atoms with van der Waals surface area (Å²) in [5, 5.41) is 20.8. The number of amides is 2. The molecule has 2 aromatic heterocycles. The molecular weight excluding hydrogens is 605 g/mol. The highest BCUT2D eigenvalue weighted by atomic mass is 32.2. The lowest BCUT2D eigenvalue weighted by Crippen LogP contribution is -2.28. The van der Waals surface area contributed by atoms with E-state index in [0.29, 0.717) is 28.7 Å². The Labute approximate surface area is 270 Å². The molecule has 0 saturated heterocycles. The Morgan fingerprint density at radius 2 is 1.80 bits per heavy atom. The van der Waals surface area contributed by atoms with Gasteiger partial charge in [-0.15, -0.1) is 21.5 Å². The molecule has 9 nitrogen and oxygen atoms in total. The summed E-state index contributed by atoms with van der Waals surface area (Å²) in [6, 6.07) is 27.0. The maximum absolute atomic E-state index is 13.8. The normalized spacial score (nSPS) is 14.3. The van der Waals surface area contributed by atoms with Gasteiger partial charge in [-0.05, 0) is 66.8 Å². The van der Waals surface area contributed by atoms with Crippen molar-refractivity contribution in [3.8, 4) is 11.4 Å². The van der Waals surface area contributed by atoms with Crippen molar-refractivity contribution in [1.29, 1.82) is 0 Å². The van der Waals surface area contributed by atoms with Crippen LogP contribution in [0.3, 0.4) is 0 Å². The number of ether oxygens (including phenoxy) is 1. The average molecular weight is 637 g/mol. The average Bonchev–Trinajstić information content (AvgIpc) is 3.83. The molecule has 0 aliphatic carbocycles. The second-order valence-corrected chi connectivity index (χ2v) is 12.6. The molecule has 3 aromatic carbocycles. The Kier molecular flexibility index (Phi) is 9.08. The van der Waals surface area contributed by atoms with Crippen molar-refractivity contribution in [3.63, 3.8) is 0 Å². The fraction of sp³-hybridized carbons (Fsp3) is 0.206. The largest absolute Gasteiger partial charge is 0.497 e. The van der Waals surface area contributed by atoms with Crippen molar-refractivity contribution in [3.05, 3.63) is 123 Å². The molecule has 228 valence electrons. The molecule has 5 aromatic rings. The first kappa shape index (κ1) is 30.3. The Bertz CT molecular complexity index is 1850. The third kappa shape index (κ3) is 6.84. The van der Waals surface area contributed by atoms with Crippen LogP contribution in [0, 0.1) is 13.8 Å². The van der Waals surface area contributed by atoms with Crippen molar-refractivity contribution >= 4 is 40.6 Å². The van der Waals surface area contributed by atoms with Gasteiger partial charge in [0.1, 0.15) is 5.75 Å². The Morgan fingerprint density at radius 3 is 2.56 bits per heavy atom. The zero-order chi connectivity index (χ0) is 31.3. The number of hydrogen-bond donors (Lipinski definition) is 1. The summed E-state index contributed by atoms with van der Waals surface area (Å²) < 4.78 is 7.14. The number of rotatable bonds is 10. The van der Waals surface area contributed by atoms with Crippen molar-refractivity contribution in [2.45, 2.75) is 38.0 Å². The third-order valence-corrected chi connectivity index (χ3v) is 9.29. The van der Waals surface area contributed by atoms with E-state index in [1.165, 1.54) is 11.8 Å². The van der Waals surface area contributed by atoms with Gasteiger partial charge in [-0.2, -0.15) is 5.10 Å². The number of nitrogens with one attached hydrogen (secondary N) is 1. The number of carbonyl (C=O) groups excluding carboxylic acids is 2. The van der Waals surface area contributed by atoms with E-state index in [-0.39, 0.29) is 30.2 Å². The second kappa shape index (κ2) is 13.5. The molecule has 45 heavy (non-hydrogen) atoms. The monoisotopic (exact) mass is 636 g/mol. The molecule has 1 aliphatic heterocycles. The fourth-order valence-electron chi connectivity index (χ4n) is 5.13. The molecular formula is C34H32N6O3S2. The van der Waals surface area contributed by atoms with Gasteiger partial charge in [0.25, 0.3) is 11.8 Å². The van der Waals surface area contributed by atoms with Crippen LogP contribution >= 0.6 is 23.1 Å². The lowest BCUT2D eigenvalue weighted by Gasteiger charge is -2.22. The van der Waals surface area contributed by atoms with Crippen LogP contribution < -0.4 is 10.1 Å². The fourth-order valence-corrected chi connectivity index (χ4v) is 6.68. The van der Waals surface area contributed by atoms with Crippen molar-refractivity contribution in [1.82, 2.24) is 25.1 Å². The summed E-state index contributed by atoms with van der Waals surface area (Å²) in [7, 11) is 1.56. The quantitative estimate of drug-likeness (QED) is 0.179. The van der Waals surface area contributed by atoms with Gasteiger partial charge in [0.05, 0.1) is 36.0 Å². The van der Waals surface area contributed by atoms with Gasteiger partial charge < -0.3 is 10.1 Å². The molecule has 1 N–H and O–H groups in total. The zero-order valence-corrected chi connectivity index (χ0v) is 26.8. The number of nitrogens with zero attached hydrogens (tertiary/aromatic N) is 5. The lowest BCUT2D eigenvalue weighted by molar-refractivity contribution is -0.130. The molecule has 3 heterocycles. The number of benzene rings is 3. The highest BCUT2D eigenvalue weighted by molar-refractivity contribution is 7.99. The Balaban J connectivity index is 1.23. The molecule has 0 fully saturated rings. The molecule has 0 spiro atoms. The highest BCUT2D eigenvalue weighted by Gasteiger charge is 2.33. The summed E-state index contributed by atoms with van der Waals surface area (Å²) in [6.07, 6.45) is 0.649. The molecule has 2 amide bonds. The maximum atomic E-state index is 13.8. The van der Waals surface area contributed by atoms with Crippen LogP contribution in [0.25, 0.3) is 5.69 Å². The first-order valence-electron chi connectivity index (χ1n) is 14.5. The van der Waals surface area contributed by atoms with Crippen LogP contribution in [0.2, 0.25) is 0 Å². The van der Waals surface area contributed by atoms with Gasteiger partial charge in [0, 0.05) is 17.7 Å². The number of thioether (sulfide) groups is 1. The molecule has 11 heteroatoms. The predicted molar refractivity (Wildman–Crippen MR) is 177 cm³/mol. The van der Waals surface area contributed by atoms with Gasteiger partial charge in [-0.3, -0.25) is 14.2 Å². The van der Waals surface area contributed by atoms with E-state index < -0.39 is 0 Å². The van der Waals surface area contributed by atoms with Crippen LogP contribution in [-0.4, -0.2) is 50.2 Å². The molecule has 0 radical (unpaired) electrons. The number of aromatic nitrogens is 3. The summed E-state index contributed by atoms with van der Waals surface area (Å²) in [4.78, 5) is 27.8. The first-order valence-corrected chi connectivity index (χ1v) is 16.3. The van der Waals surface area contributed by atoms with Crippen molar-refractivity contribution in [2.75, 3.05) is 12.9 Å². The van der Waals surface area contributed by atoms with Crippen LogP contribution in [0.15, 0.2) is 101 Å². The van der Waals surface area contributed by atoms with Crippen molar-refractivity contribution < 1.29 is 14.3 Å². The van der Waals surface area contributed by atoms with Crippen LogP contribution in [0.1, 0.15) is 50.2 Å². The number of thiophene rings is 1. The minimum absolute atomic E-state index is 0.115. The van der Waals surface area contributed by atoms with E-state index in [1.54, 1.807) is 47.7 Å². The van der Waals surface area contributed by atoms with Gasteiger partial charge in [0.15, 0.2) is 11.0 Å². The van der Waals surface area contributed by atoms with Crippen molar-refractivity contribution in [2.24, 2.45) is 5.10 Å². The Morgan fingerprint density at radius 1 is 0.978 bits per heavy atom. The molecule has 0 saturated carbocycles. The molecule has 1 aliphatic rings. The summed E-state index contributed by atoms with van der Waals surface area (Å²) in [5.74, 6) is 0.882. The van der Waals surface area contributed by atoms with E-state index in [2.05, 4.69) is 46.7 Å². The number of methoxy groups -OCH3 is 1.